The number of carbonyl (C=O) groups excluding carboxylic acids is 2. The second kappa shape index (κ2) is 5.35. The summed E-state index contributed by atoms with van der Waals surface area (Å²) < 4.78 is 0. The smallest absolute Gasteiger partial charge is 0.295 e. The summed E-state index contributed by atoms with van der Waals surface area (Å²) >= 11 is 0. The van der Waals surface area contributed by atoms with E-state index in [1.165, 1.54) is 7.05 Å². The first-order chi connectivity index (χ1) is 10.2. The maximum Gasteiger partial charge on any atom is 0.295 e. The number of para-hydroxylation sites is 1. The normalized spacial score (nSPS) is 13.8. The van der Waals surface area contributed by atoms with Crippen LogP contribution in [0.4, 0.5) is 5.69 Å². The molecule has 1 heterocycles. The minimum absolute atomic E-state index is 0.0867. The molecule has 3 N–H and O–H groups in total. The number of nitrogens with zero attached hydrogens (tertiary/aromatic N) is 2. The van der Waals surface area contributed by atoms with E-state index in [1.54, 1.807) is 24.3 Å². The Morgan fingerprint density at radius 2 is 2.00 bits per heavy atom. The van der Waals surface area contributed by atoms with Crippen LogP contribution < -0.4 is 10.6 Å². The minimum atomic E-state index is -0.436. The number of amides is 2. The Morgan fingerprint density at radius 3 is 2.71 bits per heavy atom. The Balaban J connectivity index is 1.79. The predicted molar refractivity (Wildman–Crippen MR) is 76.1 cm³/mol. The van der Waals surface area contributed by atoms with Gasteiger partial charge >= 0.3 is 0 Å². The van der Waals surface area contributed by atoms with Gasteiger partial charge in [-0.15, -0.1) is 5.10 Å². The highest BCUT2D eigenvalue weighted by molar-refractivity contribution is 6.07. The molecule has 21 heavy (non-hydrogen) atoms. The van der Waals surface area contributed by atoms with Crippen molar-refractivity contribution in [1.29, 1.82) is 0 Å². The average molecular weight is 285 g/mol. The van der Waals surface area contributed by atoms with Crippen LogP contribution in [0.1, 0.15) is 45.6 Å². The molecule has 1 aromatic heterocycles. The van der Waals surface area contributed by atoms with Crippen LogP contribution in [-0.4, -0.2) is 34.0 Å². The zero-order valence-electron chi connectivity index (χ0n) is 11.5. The number of H-pyrrole nitrogens is 1. The van der Waals surface area contributed by atoms with E-state index in [-0.39, 0.29) is 11.7 Å². The Labute approximate surface area is 121 Å². The molecule has 1 aliphatic rings. The molecule has 0 unspecified atom stereocenters. The average Bonchev–Trinajstić information content (AvgIpc) is 3.24. The van der Waals surface area contributed by atoms with E-state index in [4.69, 9.17) is 0 Å². The maximum atomic E-state index is 12.1. The van der Waals surface area contributed by atoms with E-state index in [0.29, 0.717) is 17.2 Å². The van der Waals surface area contributed by atoms with Gasteiger partial charge in [-0.25, -0.2) is 4.98 Å². The van der Waals surface area contributed by atoms with Gasteiger partial charge in [-0.1, -0.05) is 12.1 Å². The maximum absolute atomic E-state index is 12.1. The summed E-state index contributed by atoms with van der Waals surface area (Å²) in [6.45, 7) is 0. The fraction of sp³-hybridized carbons (Fsp3) is 0.286. The molecule has 2 amide bonds. The molecule has 0 radical (unpaired) electrons. The zero-order chi connectivity index (χ0) is 14.8. The highest BCUT2D eigenvalue weighted by atomic mass is 16.2. The van der Waals surface area contributed by atoms with Crippen LogP contribution in [0.3, 0.4) is 0 Å². The van der Waals surface area contributed by atoms with Crippen molar-refractivity contribution in [3.05, 3.63) is 41.5 Å². The number of aromatic amines is 1. The second-order valence-corrected chi connectivity index (χ2v) is 4.90. The number of carbonyl (C=O) groups is 2. The lowest BCUT2D eigenvalue weighted by Crippen LogP contribution is -2.22. The van der Waals surface area contributed by atoms with E-state index < -0.39 is 5.91 Å². The summed E-state index contributed by atoms with van der Waals surface area (Å²) in [6, 6.07) is 6.78. The molecule has 0 bridgehead atoms. The molecule has 108 valence electrons. The van der Waals surface area contributed by atoms with Crippen molar-refractivity contribution in [3.63, 3.8) is 0 Å². The molecule has 1 aliphatic carbocycles. The predicted octanol–water partition coefficient (Wildman–Crippen LogP) is 1.29. The van der Waals surface area contributed by atoms with E-state index >= 15 is 0 Å². The molecule has 0 atom stereocenters. The van der Waals surface area contributed by atoms with Gasteiger partial charge in [0.05, 0.1) is 11.3 Å². The highest BCUT2D eigenvalue weighted by Gasteiger charge is 2.28. The van der Waals surface area contributed by atoms with Gasteiger partial charge in [0.25, 0.3) is 11.8 Å². The first kappa shape index (κ1) is 13.3. The molecule has 0 aliphatic heterocycles. The number of rotatable bonds is 4. The van der Waals surface area contributed by atoms with E-state index in [9.17, 15) is 9.59 Å². The number of hydrogen-bond donors (Lipinski definition) is 3. The van der Waals surface area contributed by atoms with Gasteiger partial charge in [-0.2, -0.15) is 0 Å². The van der Waals surface area contributed by atoms with Crippen LogP contribution in [0.2, 0.25) is 0 Å². The van der Waals surface area contributed by atoms with Gasteiger partial charge in [0.1, 0.15) is 5.82 Å². The molecule has 7 heteroatoms. The Bertz CT molecular complexity index is 690. The molecular weight excluding hydrogens is 270 g/mol. The monoisotopic (exact) mass is 285 g/mol. The van der Waals surface area contributed by atoms with E-state index in [2.05, 4.69) is 25.8 Å². The number of aromatic nitrogens is 3. The van der Waals surface area contributed by atoms with Gasteiger partial charge in [0, 0.05) is 13.0 Å². The third-order valence-electron chi connectivity index (χ3n) is 3.32. The first-order valence-corrected chi connectivity index (χ1v) is 6.74. The largest absolute Gasteiger partial charge is 0.355 e. The van der Waals surface area contributed by atoms with Crippen molar-refractivity contribution in [2.75, 3.05) is 12.4 Å². The third kappa shape index (κ3) is 2.76. The van der Waals surface area contributed by atoms with Crippen LogP contribution in [-0.2, 0) is 0 Å². The number of anilines is 1. The lowest BCUT2D eigenvalue weighted by molar-refractivity contribution is 0.0964. The number of benzene rings is 1. The molecular formula is C14H15N5O2. The fourth-order valence-electron chi connectivity index (χ4n) is 2.02. The summed E-state index contributed by atoms with van der Waals surface area (Å²) in [4.78, 5) is 28.1. The molecule has 2 aromatic rings. The number of hydrogen-bond acceptors (Lipinski definition) is 4. The van der Waals surface area contributed by atoms with Crippen LogP contribution in [0.5, 0.6) is 0 Å². The molecule has 1 saturated carbocycles. The van der Waals surface area contributed by atoms with E-state index in [1.807, 2.05) is 0 Å². The van der Waals surface area contributed by atoms with Crippen molar-refractivity contribution in [3.8, 4) is 0 Å². The number of nitrogens with one attached hydrogen (secondary N) is 3. The molecule has 7 nitrogen and oxygen atoms in total. The molecule has 0 spiro atoms. The van der Waals surface area contributed by atoms with Crippen molar-refractivity contribution >= 4 is 17.5 Å². The third-order valence-corrected chi connectivity index (χ3v) is 3.32. The topological polar surface area (TPSA) is 99.8 Å². The van der Waals surface area contributed by atoms with Gasteiger partial charge < -0.3 is 10.6 Å². The van der Waals surface area contributed by atoms with Gasteiger partial charge in [-0.3, -0.25) is 14.7 Å². The Morgan fingerprint density at radius 1 is 1.24 bits per heavy atom. The second-order valence-electron chi connectivity index (χ2n) is 4.90. The molecule has 3 rings (SSSR count). The standard InChI is InChI=1S/C14H15N5O2/c1-15-13(20)9-4-2-3-5-10(9)16-14(21)12-17-11(18-19-12)8-6-7-8/h2-5,8H,6-7H2,1H3,(H,15,20)(H,16,21)(H,17,18,19). The van der Waals surface area contributed by atoms with Crippen LogP contribution in [0.25, 0.3) is 0 Å². The van der Waals surface area contributed by atoms with Crippen molar-refractivity contribution in [1.82, 2.24) is 20.5 Å². The lowest BCUT2D eigenvalue weighted by Gasteiger charge is -2.08. The summed E-state index contributed by atoms with van der Waals surface area (Å²) in [6.07, 6.45) is 2.16. The first-order valence-electron chi connectivity index (χ1n) is 6.74. The molecule has 1 aromatic carbocycles. The van der Waals surface area contributed by atoms with Gasteiger partial charge in [0.15, 0.2) is 0 Å². The SMILES string of the molecule is CNC(=O)c1ccccc1NC(=O)c1n[nH]c(C2CC2)n1. The quantitative estimate of drug-likeness (QED) is 0.788. The van der Waals surface area contributed by atoms with Gasteiger partial charge in [0.2, 0.25) is 5.82 Å². The van der Waals surface area contributed by atoms with Crippen molar-refractivity contribution in [2.24, 2.45) is 0 Å². The summed E-state index contributed by atoms with van der Waals surface area (Å²) in [5, 5.41) is 11.9. The Hall–Kier alpha value is -2.70. The molecule has 0 saturated heterocycles. The highest BCUT2D eigenvalue weighted by Crippen LogP contribution is 2.37. The van der Waals surface area contributed by atoms with Gasteiger partial charge in [-0.05, 0) is 25.0 Å². The van der Waals surface area contributed by atoms with Crippen LogP contribution in [0, 0.1) is 0 Å². The minimum Gasteiger partial charge on any atom is -0.355 e. The summed E-state index contributed by atoms with van der Waals surface area (Å²) in [5.41, 5.74) is 0.825. The Kier molecular flexibility index (Phi) is 3.39. The van der Waals surface area contributed by atoms with Crippen LogP contribution >= 0.6 is 0 Å². The van der Waals surface area contributed by atoms with Crippen molar-refractivity contribution < 1.29 is 9.59 Å². The summed E-state index contributed by atoms with van der Waals surface area (Å²) in [7, 11) is 1.54. The zero-order valence-corrected chi connectivity index (χ0v) is 11.5. The van der Waals surface area contributed by atoms with Crippen molar-refractivity contribution in [2.45, 2.75) is 18.8 Å². The summed E-state index contributed by atoms with van der Waals surface area (Å²) in [5.74, 6) is 0.537. The van der Waals surface area contributed by atoms with E-state index in [0.717, 1.165) is 18.7 Å². The van der Waals surface area contributed by atoms with Crippen LogP contribution in [0.15, 0.2) is 24.3 Å². The fourth-order valence-corrected chi connectivity index (χ4v) is 2.02. The lowest BCUT2D eigenvalue weighted by atomic mass is 10.1. The molecule has 1 fully saturated rings.